The molecule has 1 N–H and O–H groups in total. The number of halogens is 5. The van der Waals surface area contributed by atoms with Crippen molar-refractivity contribution < 1.29 is 31.5 Å². The van der Waals surface area contributed by atoms with Crippen LogP contribution in [0.4, 0.5) is 32.4 Å². The molecule has 0 saturated heterocycles. The van der Waals surface area contributed by atoms with Crippen LogP contribution in [0.1, 0.15) is 0 Å². The van der Waals surface area contributed by atoms with Crippen LogP contribution in [-0.4, -0.2) is 22.2 Å². The highest BCUT2D eigenvalue weighted by atomic mass is 19.4. The molecule has 4 aromatic rings. The molecule has 3 aromatic carbocycles. The highest BCUT2D eigenvalue weighted by molar-refractivity contribution is 5.92. The van der Waals surface area contributed by atoms with E-state index in [0.717, 1.165) is 16.8 Å². The molecule has 1 aromatic heterocycles. The van der Waals surface area contributed by atoms with E-state index < -0.39 is 29.8 Å². The van der Waals surface area contributed by atoms with Crippen molar-refractivity contribution in [1.82, 2.24) is 9.78 Å². The second-order valence-electron chi connectivity index (χ2n) is 6.85. The Kier molecular flexibility index (Phi) is 5.82. The molecule has 1 heterocycles. The lowest BCUT2D eigenvalue weighted by Crippen LogP contribution is -2.20. The second kappa shape index (κ2) is 8.73. The lowest BCUT2D eigenvalue weighted by molar-refractivity contribution is -0.274. The molecule has 1 amide bonds. The highest BCUT2D eigenvalue weighted by Gasteiger charge is 2.31. The van der Waals surface area contributed by atoms with Gasteiger partial charge in [0.25, 0.3) is 0 Å². The standard InChI is InChI=1S/C23H14F5N3O2/c24-16-5-1-14(2-6-16)20-13-31(30-21(20)15-3-7-17(25)8-4-15)22(32)29-18-9-11-19(12-10-18)33-23(26,27)28/h1-13H,(H,29,32). The van der Waals surface area contributed by atoms with Crippen molar-refractivity contribution in [3.63, 3.8) is 0 Å². The highest BCUT2D eigenvalue weighted by Crippen LogP contribution is 2.31. The predicted octanol–water partition coefficient (Wildman–Crippen LogP) is 6.47. The zero-order chi connectivity index (χ0) is 23.6. The molecule has 168 valence electrons. The van der Waals surface area contributed by atoms with Crippen LogP contribution < -0.4 is 10.1 Å². The Morgan fingerprint density at radius 3 is 1.91 bits per heavy atom. The van der Waals surface area contributed by atoms with E-state index >= 15 is 0 Å². The summed E-state index contributed by atoms with van der Waals surface area (Å²) in [7, 11) is 0. The number of aromatic nitrogens is 2. The first-order chi connectivity index (χ1) is 15.7. The van der Waals surface area contributed by atoms with Crippen molar-refractivity contribution in [2.24, 2.45) is 0 Å². The zero-order valence-corrected chi connectivity index (χ0v) is 16.6. The van der Waals surface area contributed by atoms with Gasteiger partial charge in [-0.1, -0.05) is 12.1 Å². The number of carbonyl (C=O) groups is 1. The van der Waals surface area contributed by atoms with E-state index in [2.05, 4.69) is 15.2 Å². The van der Waals surface area contributed by atoms with E-state index in [0.29, 0.717) is 22.4 Å². The van der Waals surface area contributed by atoms with Crippen LogP contribution >= 0.6 is 0 Å². The third-order valence-corrected chi connectivity index (χ3v) is 4.53. The summed E-state index contributed by atoms with van der Waals surface area (Å²) in [4.78, 5) is 12.7. The van der Waals surface area contributed by atoms with Crippen LogP contribution in [0.15, 0.2) is 79.0 Å². The lowest BCUT2D eigenvalue weighted by atomic mass is 10.0. The molecule has 0 saturated carbocycles. The van der Waals surface area contributed by atoms with E-state index in [4.69, 9.17) is 0 Å². The van der Waals surface area contributed by atoms with Crippen LogP contribution in [0.3, 0.4) is 0 Å². The molecular formula is C23H14F5N3O2. The quantitative estimate of drug-likeness (QED) is 0.356. The van der Waals surface area contributed by atoms with Crippen molar-refractivity contribution in [3.8, 4) is 28.1 Å². The van der Waals surface area contributed by atoms with Gasteiger partial charge < -0.3 is 10.1 Å². The first-order valence-electron chi connectivity index (χ1n) is 9.47. The topological polar surface area (TPSA) is 56.1 Å². The smallest absolute Gasteiger partial charge is 0.406 e. The Morgan fingerprint density at radius 1 is 0.818 bits per heavy atom. The van der Waals surface area contributed by atoms with Crippen LogP contribution in [0.25, 0.3) is 22.4 Å². The second-order valence-corrected chi connectivity index (χ2v) is 6.85. The zero-order valence-electron chi connectivity index (χ0n) is 16.6. The monoisotopic (exact) mass is 459 g/mol. The van der Waals surface area contributed by atoms with E-state index in [9.17, 15) is 26.7 Å². The van der Waals surface area contributed by atoms with Gasteiger partial charge in [0.2, 0.25) is 0 Å². The fourth-order valence-electron chi connectivity index (χ4n) is 3.06. The van der Waals surface area contributed by atoms with Crippen LogP contribution in [0.5, 0.6) is 5.75 Å². The number of rotatable bonds is 4. The number of hydrogen-bond acceptors (Lipinski definition) is 3. The van der Waals surface area contributed by atoms with Crippen molar-refractivity contribution in [3.05, 3.63) is 90.6 Å². The van der Waals surface area contributed by atoms with E-state index in [1.165, 1.54) is 66.9 Å². The van der Waals surface area contributed by atoms with Crippen molar-refractivity contribution in [1.29, 1.82) is 0 Å². The molecular weight excluding hydrogens is 445 g/mol. The van der Waals surface area contributed by atoms with Crippen molar-refractivity contribution in [2.75, 3.05) is 5.32 Å². The van der Waals surface area contributed by atoms with Crippen LogP contribution in [-0.2, 0) is 0 Å². The predicted molar refractivity (Wildman–Crippen MR) is 111 cm³/mol. The molecule has 0 fully saturated rings. The Balaban J connectivity index is 1.63. The minimum Gasteiger partial charge on any atom is -0.406 e. The number of benzene rings is 3. The van der Waals surface area contributed by atoms with Gasteiger partial charge in [-0.25, -0.2) is 13.6 Å². The number of alkyl halides is 3. The van der Waals surface area contributed by atoms with Crippen molar-refractivity contribution in [2.45, 2.75) is 6.36 Å². The Morgan fingerprint density at radius 2 is 1.36 bits per heavy atom. The van der Waals surface area contributed by atoms with Gasteiger partial charge in [0.15, 0.2) is 0 Å². The average Bonchev–Trinajstić information content (AvgIpc) is 3.21. The number of amides is 1. The van der Waals surface area contributed by atoms with Gasteiger partial charge in [0.1, 0.15) is 23.1 Å². The van der Waals surface area contributed by atoms with Crippen LogP contribution in [0, 0.1) is 11.6 Å². The summed E-state index contributed by atoms with van der Waals surface area (Å²) in [6.45, 7) is 0. The van der Waals surface area contributed by atoms with Gasteiger partial charge in [-0.15, -0.1) is 13.2 Å². The molecule has 33 heavy (non-hydrogen) atoms. The number of nitrogens with one attached hydrogen (secondary N) is 1. The van der Waals surface area contributed by atoms with Gasteiger partial charge in [-0.05, 0) is 66.2 Å². The van der Waals surface area contributed by atoms with Gasteiger partial charge in [0, 0.05) is 23.0 Å². The SMILES string of the molecule is O=C(Nc1ccc(OC(F)(F)F)cc1)n1cc(-c2ccc(F)cc2)c(-c2ccc(F)cc2)n1. The molecule has 0 bridgehead atoms. The summed E-state index contributed by atoms with van der Waals surface area (Å²) in [5.74, 6) is -1.32. The van der Waals surface area contributed by atoms with Gasteiger partial charge in [-0.3, -0.25) is 0 Å². The third-order valence-electron chi connectivity index (χ3n) is 4.53. The number of ether oxygens (including phenoxy) is 1. The minimum absolute atomic E-state index is 0.205. The summed E-state index contributed by atoms with van der Waals surface area (Å²) < 4.78 is 68.4. The summed E-state index contributed by atoms with van der Waals surface area (Å²) in [5.41, 5.74) is 2.15. The molecule has 0 aliphatic rings. The normalized spacial score (nSPS) is 11.3. The molecule has 4 rings (SSSR count). The molecule has 0 aliphatic heterocycles. The van der Waals surface area contributed by atoms with E-state index in [1.807, 2.05) is 0 Å². The fourth-order valence-corrected chi connectivity index (χ4v) is 3.06. The average molecular weight is 459 g/mol. The van der Waals surface area contributed by atoms with Gasteiger partial charge in [0.05, 0.1) is 0 Å². The maximum absolute atomic E-state index is 13.4. The summed E-state index contributed by atoms with van der Waals surface area (Å²) in [6.07, 6.45) is -3.41. The maximum atomic E-state index is 13.4. The van der Waals surface area contributed by atoms with Gasteiger partial charge >= 0.3 is 12.4 Å². The maximum Gasteiger partial charge on any atom is 0.573 e. The molecule has 5 nitrogen and oxygen atoms in total. The largest absolute Gasteiger partial charge is 0.573 e. The first kappa shape index (κ1) is 22.0. The molecule has 0 unspecified atom stereocenters. The minimum atomic E-state index is -4.83. The molecule has 0 radical (unpaired) electrons. The Hall–Kier alpha value is -4.21. The summed E-state index contributed by atoms with van der Waals surface area (Å²) in [5, 5.41) is 6.80. The van der Waals surface area contributed by atoms with E-state index in [-0.39, 0.29) is 5.69 Å². The molecule has 10 heteroatoms. The fraction of sp³-hybridized carbons (Fsp3) is 0.0435. The van der Waals surface area contributed by atoms with Crippen molar-refractivity contribution >= 4 is 11.7 Å². The lowest BCUT2D eigenvalue weighted by Gasteiger charge is -2.09. The summed E-state index contributed by atoms with van der Waals surface area (Å²) >= 11 is 0. The Labute approximate surface area is 184 Å². The molecule has 0 atom stereocenters. The number of carbonyl (C=O) groups excluding carboxylic acids is 1. The first-order valence-corrected chi connectivity index (χ1v) is 9.47. The summed E-state index contributed by atoms with van der Waals surface area (Å²) in [6, 6.07) is 14.9. The Bertz CT molecular complexity index is 1200. The molecule has 0 spiro atoms. The third kappa shape index (κ3) is 5.35. The van der Waals surface area contributed by atoms with Crippen LogP contribution in [0.2, 0.25) is 0 Å². The number of anilines is 1. The molecule has 0 aliphatic carbocycles. The number of nitrogens with zero attached hydrogens (tertiary/aromatic N) is 2. The van der Waals surface area contributed by atoms with E-state index in [1.54, 1.807) is 0 Å². The number of hydrogen-bond donors (Lipinski definition) is 1. The van der Waals surface area contributed by atoms with Gasteiger partial charge in [-0.2, -0.15) is 9.78 Å².